The zero-order valence-electron chi connectivity index (χ0n) is 17.6. The van der Waals surface area contributed by atoms with Crippen LogP contribution in [0.5, 0.6) is 5.75 Å². The maximum Gasteiger partial charge on any atom is 0.193 e. The minimum absolute atomic E-state index is 0.0162. The number of nitrogens with one attached hydrogen (secondary N) is 1. The van der Waals surface area contributed by atoms with Crippen molar-refractivity contribution in [2.45, 2.75) is 51.2 Å². The van der Waals surface area contributed by atoms with Gasteiger partial charge < -0.3 is 15.0 Å². The number of thiocarbonyl (C=S) groups is 1. The lowest BCUT2D eigenvalue weighted by atomic mass is 9.89. The van der Waals surface area contributed by atoms with Gasteiger partial charge in [0.05, 0.1) is 12.1 Å². The Bertz CT molecular complexity index is 947. The Kier molecular flexibility index (Phi) is 6.18. The summed E-state index contributed by atoms with van der Waals surface area (Å²) in [6.07, 6.45) is 6.37. The number of nitrogens with zero attached hydrogens (tertiary/aromatic N) is 1. The Morgan fingerprint density at radius 2 is 1.70 bits per heavy atom. The van der Waals surface area contributed by atoms with E-state index in [4.69, 9.17) is 17.0 Å². The summed E-state index contributed by atoms with van der Waals surface area (Å²) in [5, 5.41) is 3.97. The number of Topliss-reactive ketones (excluding diaryl/α,β-unsaturated/α-hetero) is 1. The number of carbonyl (C=O) groups is 1. The van der Waals surface area contributed by atoms with Gasteiger partial charge in [-0.3, -0.25) is 4.79 Å². The van der Waals surface area contributed by atoms with Crippen LogP contribution in [-0.4, -0.2) is 28.9 Å². The van der Waals surface area contributed by atoms with Crippen LogP contribution in [0.4, 0.5) is 0 Å². The lowest BCUT2D eigenvalue weighted by molar-refractivity contribution is 0.102. The molecule has 1 fully saturated rings. The summed E-state index contributed by atoms with van der Waals surface area (Å²) in [6, 6.07) is 17.2. The number of ketones is 1. The maximum absolute atomic E-state index is 13.4. The molecule has 1 heterocycles. The highest BCUT2D eigenvalue weighted by molar-refractivity contribution is 7.80. The van der Waals surface area contributed by atoms with E-state index in [0.29, 0.717) is 16.8 Å². The topological polar surface area (TPSA) is 41.6 Å². The van der Waals surface area contributed by atoms with Gasteiger partial charge in [0.2, 0.25) is 0 Å². The smallest absolute Gasteiger partial charge is 0.193 e. The zero-order chi connectivity index (χ0) is 21.1. The van der Waals surface area contributed by atoms with E-state index in [2.05, 4.69) is 5.32 Å². The van der Waals surface area contributed by atoms with Crippen LogP contribution in [0, 0.1) is 0 Å². The lowest BCUT2D eigenvalue weighted by Gasteiger charge is -2.36. The van der Waals surface area contributed by atoms with Gasteiger partial charge in [0.25, 0.3) is 0 Å². The molecule has 0 aromatic heterocycles. The number of carbonyl (C=O) groups excluding carboxylic acids is 1. The molecule has 4 nitrogen and oxygen atoms in total. The highest BCUT2D eigenvalue weighted by atomic mass is 32.1. The van der Waals surface area contributed by atoms with Crippen LogP contribution in [0.3, 0.4) is 0 Å². The molecule has 4 rings (SSSR count). The van der Waals surface area contributed by atoms with Gasteiger partial charge in [0, 0.05) is 23.9 Å². The van der Waals surface area contributed by atoms with E-state index in [9.17, 15) is 4.79 Å². The van der Waals surface area contributed by atoms with Gasteiger partial charge in [0.1, 0.15) is 5.75 Å². The highest BCUT2D eigenvalue weighted by Gasteiger charge is 2.32. The molecule has 2 aromatic carbocycles. The van der Waals surface area contributed by atoms with Gasteiger partial charge in [-0.15, -0.1) is 0 Å². The molecule has 0 amide bonds. The second-order valence-electron chi connectivity index (χ2n) is 8.08. The summed E-state index contributed by atoms with van der Waals surface area (Å²) in [5.74, 6) is 0.903. The van der Waals surface area contributed by atoms with E-state index >= 15 is 0 Å². The molecular weight excluding hydrogens is 392 g/mol. The second kappa shape index (κ2) is 9.00. The predicted octanol–water partition coefficient (Wildman–Crippen LogP) is 5.42. The van der Waals surface area contributed by atoms with Gasteiger partial charge in [-0.25, -0.2) is 0 Å². The third-order valence-electron chi connectivity index (χ3n) is 6.10. The first-order valence-electron chi connectivity index (χ1n) is 10.7. The molecular formula is C25H28N2O2S. The minimum Gasteiger partial charge on any atom is -0.490 e. The van der Waals surface area contributed by atoms with Crippen molar-refractivity contribution >= 4 is 23.1 Å². The number of hydrogen-bond acceptors (Lipinski definition) is 3. The molecule has 2 aliphatic rings. The van der Waals surface area contributed by atoms with Gasteiger partial charge in [-0.2, -0.15) is 0 Å². The van der Waals surface area contributed by atoms with Crippen molar-refractivity contribution in [3.8, 4) is 5.75 Å². The first-order valence-corrected chi connectivity index (χ1v) is 11.1. The fraction of sp³-hybridized carbons (Fsp3) is 0.360. The molecule has 5 heteroatoms. The fourth-order valence-corrected chi connectivity index (χ4v) is 4.49. The van der Waals surface area contributed by atoms with Gasteiger partial charge >= 0.3 is 0 Å². The number of rotatable bonds is 5. The van der Waals surface area contributed by atoms with Crippen LogP contribution in [0.25, 0.3) is 0 Å². The first kappa shape index (κ1) is 20.6. The summed E-state index contributed by atoms with van der Waals surface area (Å²) in [4.78, 5) is 15.2. The quantitative estimate of drug-likeness (QED) is 0.517. The molecule has 1 saturated carbocycles. The van der Waals surface area contributed by atoms with Crippen molar-refractivity contribution in [1.29, 1.82) is 0 Å². The van der Waals surface area contributed by atoms with E-state index in [1.165, 1.54) is 19.3 Å². The van der Waals surface area contributed by atoms with Crippen LogP contribution in [-0.2, 0) is 0 Å². The summed E-state index contributed by atoms with van der Waals surface area (Å²) in [6.45, 7) is 1.96. The second-order valence-corrected chi connectivity index (χ2v) is 8.47. The Labute approximate surface area is 183 Å². The monoisotopic (exact) mass is 420 g/mol. The van der Waals surface area contributed by atoms with E-state index in [0.717, 1.165) is 35.4 Å². The third kappa shape index (κ3) is 4.26. The van der Waals surface area contributed by atoms with Crippen molar-refractivity contribution in [3.63, 3.8) is 0 Å². The number of ether oxygens (including phenoxy) is 1. The molecule has 1 aliphatic heterocycles. The zero-order valence-corrected chi connectivity index (χ0v) is 18.4. The molecule has 156 valence electrons. The largest absolute Gasteiger partial charge is 0.490 e. The van der Waals surface area contributed by atoms with Crippen molar-refractivity contribution in [1.82, 2.24) is 10.2 Å². The van der Waals surface area contributed by atoms with Gasteiger partial charge in [-0.05, 0) is 62.5 Å². The lowest BCUT2D eigenvalue weighted by Crippen LogP contribution is -2.45. The van der Waals surface area contributed by atoms with E-state index in [1.807, 2.05) is 73.5 Å². The molecule has 2 aromatic rings. The van der Waals surface area contributed by atoms with Crippen molar-refractivity contribution in [2.24, 2.45) is 0 Å². The molecule has 1 aliphatic carbocycles. The SMILES string of the molecule is CC1=C(C(=O)c2ccccc2)C(c2ccc(OC3CCCCC3)cc2)NC(=S)N1C. The predicted molar refractivity (Wildman–Crippen MR) is 124 cm³/mol. The molecule has 30 heavy (non-hydrogen) atoms. The van der Waals surface area contributed by atoms with E-state index in [-0.39, 0.29) is 11.8 Å². The molecule has 1 atom stereocenters. The molecule has 0 radical (unpaired) electrons. The standard InChI is InChI=1S/C25H28N2O2S/c1-17-22(24(28)19-9-5-3-6-10-19)23(26-25(30)27(17)2)18-13-15-21(16-14-18)29-20-11-7-4-8-12-20/h3,5-6,9-10,13-16,20,23H,4,7-8,11-12H2,1-2H3,(H,26,30). The molecule has 1 unspecified atom stereocenters. The van der Waals surface area contributed by atoms with Gasteiger partial charge in [0.15, 0.2) is 10.9 Å². The molecule has 1 N–H and O–H groups in total. The van der Waals surface area contributed by atoms with E-state index in [1.54, 1.807) is 0 Å². The fourth-order valence-electron chi connectivity index (χ4n) is 4.24. The van der Waals surface area contributed by atoms with Crippen LogP contribution in [0.15, 0.2) is 65.9 Å². The molecule has 0 saturated heterocycles. The first-order chi connectivity index (χ1) is 14.5. The Morgan fingerprint density at radius 3 is 2.37 bits per heavy atom. The summed E-state index contributed by atoms with van der Waals surface area (Å²) < 4.78 is 6.17. The summed E-state index contributed by atoms with van der Waals surface area (Å²) >= 11 is 5.52. The summed E-state index contributed by atoms with van der Waals surface area (Å²) in [5.41, 5.74) is 3.27. The maximum atomic E-state index is 13.4. The molecule has 0 spiro atoms. The van der Waals surface area contributed by atoms with Gasteiger partial charge in [-0.1, -0.05) is 48.9 Å². The molecule has 0 bridgehead atoms. The van der Waals surface area contributed by atoms with Crippen molar-refractivity contribution < 1.29 is 9.53 Å². The average molecular weight is 421 g/mol. The van der Waals surface area contributed by atoms with Crippen LogP contribution in [0.2, 0.25) is 0 Å². The normalized spacial score (nSPS) is 20.1. The number of hydrogen-bond donors (Lipinski definition) is 1. The van der Waals surface area contributed by atoms with Crippen LogP contribution in [0.1, 0.15) is 61.0 Å². The average Bonchev–Trinajstić information content (AvgIpc) is 2.79. The van der Waals surface area contributed by atoms with Crippen molar-refractivity contribution in [3.05, 3.63) is 77.0 Å². The number of allylic oxidation sites excluding steroid dienone is 1. The van der Waals surface area contributed by atoms with Crippen LogP contribution >= 0.6 is 12.2 Å². The Morgan fingerprint density at radius 1 is 1.03 bits per heavy atom. The van der Waals surface area contributed by atoms with Crippen LogP contribution < -0.4 is 10.1 Å². The summed E-state index contributed by atoms with van der Waals surface area (Å²) in [7, 11) is 1.89. The Balaban J connectivity index is 1.62. The number of benzene rings is 2. The minimum atomic E-state index is -0.287. The highest BCUT2D eigenvalue weighted by Crippen LogP contribution is 2.33. The van der Waals surface area contributed by atoms with Crippen molar-refractivity contribution in [2.75, 3.05) is 7.05 Å². The third-order valence-corrected chi connectivity index (χ3v) is 6.49. The Hall–Kier alpha value is -2.66. The van der Waals surface area contributed by atoms with E-state index < -0.39 is 0 Å².